The van der Waals surface area contributed by atoms with E-state index >= 15 is 0 Å². The van der Waals surface area contributed by atoms with Crippen LogP contribution in [-0.2, 0) is 14.3 Å². The maximum atomic E-state index is 12.5. The smallest absolute Gasteiger partial charge is 0.431 e. The minimum Gasteiger partial charge on any atom is -0.431 e. The van der Waals surface area contributed by atoms with E-state index in [4.69, 9.17) is 15.9 Å². The van der Waals surface area contributed by atoms with Gasteiger partial charge in [0.05, 0.1) is 0 Å². The topological polar surface area (TPSA) is 52.6 Å². The molecule has 0 aromatic carbocycles. The van der Waals surface area contributed by atoms with Crippen molar-refractivity contribution in [2.24, 2.45) is 28.6 Å². The van der Waals surface area contributed by atoms with Crippen LogP contribution in [0.25, 0.3) is 0 Å². The summed E-state index contributed by atoms with van der Waals surface area (Å²) in [7, 11) is 0. The van der Waals surface area contributed by atoms with Gasteiger partial charge in [0, 0.05) is 18.3 Å². The lowest BCUT2D eigenvalue weighted by atomic mass is 9.47. The minimum atomic E-state index is -0.888. The van der Waals surface area contributed by atoms with Gasteiger partial charge in [-0.3, -0.25) is 4.79 Å². The molecule has 4 heteroatoms. The van der Waals surface area contributed by atoms with Gasteiger partial charge in [-0.25, -0.2) is 4.79 Å². The molecule has 7 unspecified atom stereocenters. The molecule has 4 nitrogen and oxygen atoms in total. The highest BCUT2D eigenvalue weighted by Crippen LogP contribution is 2.67. The van der Waals surface area contributed by atoms with E-state index in [0.717, 1.165) is 38.5 Å². The summed E-state index contributed by atoms with van der Waals surface area (Å²) >= 11 is 0. The molecule has 30 heavy (non-hydrogen) atoms. The molecule has 7 atom stereocenters. The lowest BCUT2D eigenvalue weighted by Gasteiger charge is -2.58. The van der Waals surface area contributed by atoms with Crippen LogP contribution in [0.3, 0.4) is 0 Å². The number of hydrogen-bond donors (Lipinski definition) is 0. The van der Waals surface area contributed by atoms with Crippen LogP contribution < -0.4 is 0 Å². The van der Waals surface area contributed by atoms with Crippen LogP contribution >= 0.6 is 0 Å². The number of fused-ring (bicyclic) bond motifs is 5. The van der Waals surface area contributed by atoms with Gasteiger partial charge in [-0.05, 0) is 75.0 Å². The van der Waals surface area contributed by atoms with Crippen molar-refractivity contribution in [1.82, 2.24) is 0 Å². The predicted octanol–water partition coefficient (Wildman–Crippen LogP) is 5.84. The predicted molar refractivity (Wildman–Crippen MR) is 116 cm³/mol. The number of terminal acetylenes is 1. The normalized spacial score (nSPS) is 43.4. The summed E-state index contributed by atoms with van der Waals surface area (Å²) in [6, 6.07) is 0. The SMILES string of the molecule is C#CC1(OC(=O)OC(C)CC)CCC2C3CC=C4CC(=O)CCC4(C)C3CCC21C. The maximum absolute atomic E-state index is 12.5. The molecule has 0 heterocycles. The first-order valence-electron chi connectivity index (χ1n) is 11.8. The lowest BCUT2D eigenvalue weighted by Crippen LogP contribution is -2.55. The van der Waals surface area contributed by atoms with Crippen molar-refractivity contribution in [1.29, 1.82) is 0 Å². The lowest BCUT2D eigenvalue weighted by molar-refractivity contribution is -0.126. The van der Waals surface area contributed by atoms with Crippen LogP contribution in [-0.4, -0.2) is 23.6 Å². The zero-order valence-corrected chi connectivity index (χ0v) is 19.0. The zero-order valence-electron chi connectivity index (χ0n) is 19.0. The van der Waals surface area contributed by atoms with Gasteiger partial charge in [0.25, 0.3) is 0 Å². The Balaban J connectivity index is 1.60. The van der Waals surface area contributed by atoms with Crippen LogP contribution in [0.4, 0.5) is 4.79 Å². The molecule has 4 rings (SSSR count). The van der Waals surface area contributed by atoms with E-state index in [1.54, 1.807) is 0 Å². The Morgan fingerprint density at radius 2 is 2.00 bits per heavy atom. The second-order valence-electron chi connectivity index (χ2n) is 10.6. The van der Waals surface area contributed by atoms with E-state index in [9.17, 15) is 9.59 Å². The molecule has 4 aliphatic carbocycles. The number of hydrogen-bond acceptors (Lipinski definition) is 4. The Morgan fingerprint density at radius 3 is 2.70 bits per heavy atom. The molecule has 0 aromatic heterocycles. The van der Waals surface area contributed by atoms with E-state index in [-0.39, 0.29) is 16.9 Å². The van der Waals surface area contributed by atoms with E-state index < -0.39 is 11.8 Å². The fourth-order valence-electron chi connectivity index (χ4n) is 7.32. The Labute approximate surface area is 181 Å². The van der Waals surface area contributed by atoms with Gasteiger partial charge in [0.2, 0.25) is 0 Å². The van der Waals surface area contributed by atoms with Gasteiger partial charge >= 0.3 is 6.16 Å². The van der Waals surface area contributed by atoms with E-state index in [1.807, 2.05) is 13.8 Å². The molecule has 0 bridgehead atoms. The molecular weight excluding hydrogens is 376 g/mol. The van der Waals surface area contributed by atoms with Crippen molar-refractivity contribution >= 4 is 11.9 Å². The Kier molecular flexibility index (Phi) is 5.32. The quantitative estimate of drug-likeness (QED) is 0.332. The average Bonchev–Trinajstić information content (AvgIpc) is 3.01. The third kappa shape index (κ3) is 3.03. The summed E-state index contributed by atoms with van der Waals surface area (Å²) in [6.45, 7) is 8.47. The Morgan fingerprint density at radius 1 is 1.27 bits per heavy atom. The molecule has 0 aromatic rings. The molecule has 3 fully saturated rings. The molecule has 0 N–H and O–H groups in total. The second kappa shape index (κ2) is 7.43. The molecule has 0 saturated heterocycles. The fraction of sp³-hybridized carbons (Fsp3) is 0.769. The summed E-state index contributed by atoms with van der Waals surface area (Å²) in [5.41, 5.74) is 0.387. The van der Waals surface area contributed by atoms with Crippen LogP contribution in [0, 0.1) is 40.9 Å². The van der Waals surface area contributed by atoms with Gasteiger partial charge in [-0.1, -0.05) is 38.3 Å². The van der Waals surface area contributed by atoms with Crippen LogP contribution in [0.1, 0.15) is 85.5 Å². The van der Waals surface area contributed by atoms with Crippen molar-refractivity contribution in [3.63, 3.8) is 0 Å². The summed E-state index contributed by atoms with van der Waals surface area (Å²) in [6.07, 6.45) is 15.4. The van der Waals surface area contributed by atoms with Crippen molar-refractivity contribution < 1.29 is 19.1 Å². The van der Waals surface area contributed by atoms with Gasteiger partial charge in [0.15, 0.2) is 5.60 Å². The molecule has 0 amide bonds. The molecule has 0 radical (unpaired) electrons. The van der Waals surface area contributed by atoms with Gasteiger partial charge in [-0.2, -0.15) is 0 Å². The number of ether oxygens (including phenoxy) is 2. The van der Waals surface area contributed by atoms with Crippen LogP contribution in [0.2, 0.25) is 0 Å². The third-order valence-electron chi connectivity index (χ3n) is 9.42. The molecular formula is C26H36O4. The number of allylic oxidation sites excluding steroid dienone is 2. The first kappa shape index (κ1) is 21.5. The highest BCUT2D eigenvalue weighted by molar-refractivity contribution is 5.82. The molecule has 0 spiro atoms. The third-order valence-corrected chi connectivity index (χ3v) is 9.42. The number of rotatable bonds is 3. The van der Waals surface area contributed by atoms with Crippen molar-refractivity contribution in [2.75, 3.05) is 0 Å². The summed E-state index contributed by atoms with van der Waals surface area (Å²) < 4.78 is 11.4. The van der Waals surface area contributed by atoms with Gasteiger partial charge in [0.1, 0.15) is 11.9 Å². The second-order valence-corrected chi connectivity index (χ2v) is 10.6. The standard InChI is InChI=1S/C26H36O4/c1-6-17(3)29-23(28)30-26(7-2)15-12-22-20-9-8-18-16-19(27)10-13-24(18,4)21(20)11-14-25(22,26)5/h2,8,17,20-22H,6,9-16H2,1,3-5H3. The highest BCUT2D eigenvalue weighted by atomic mass is 16.7. The summed E-state index contributed by atoms with van der Waals surface area (Å²) in [4.78, 5) is 24.6. The number of carbonyl (C=O) groups is 2. The molecule has 0 aliphatic heterocycles. The Bertz CT molecular complexity index is 806. The minimum absolute atomic E-state index is 0.135. The first-order chi connectivity index (χ1) is 14.2. The number of Topliss-reactive ketones (excluding diaryl/α,β-unsaturated/α-hetero) is 1. The first-order valence-corrected chi connectivity index (χ1v) is 11.8. The fourth-order valence-corrected chi connectivity index (χ4v) is 7.32. The van der Waals surface area contributed by atoms with Crippen molar-refractivity contribution in [3.8, 4) is 12.3 Å². The Hall–Kier alpha value is -1.76. The van der Waals surface area contributed by atoms with Gasteiger partial charge in [-0.15, -0.1) is 6.42 Å². The number of ketones is 1. The molecule has 3 saturated carbocycles. The zero-order chi connectivity index (χ0) is 21.7. The monoisotopic (exact) mass is 412 g/mol. The van der Waals surface area contributed by atoms with Crippen LogP contribution in [0.15, 0.2) is 11.6 Å². The summed E-state index contributed by atoms with van der Waals surface area (Å²) in [5.74, 6) is 4.86. The average molecular weight is 413 g/mol. The van der Waals surface area contributed by atoms with Crippen molar-refractivity contribution in [2.45, 2.75) is 97.2 Å². The molecule has 4 aliphatic rings. The van der Waals surface area contributed by atoms with Crippen LogP contribution in [0.5, 0.6) is 0 Å². The molecule has 164 valence electrons. The van der Waals surface area contributed by atoms with E-state index in [2.05, 4.69) is 25.8 Å². The van der Waals surface area contributed by atoms with Gasteiger partial charge < -0.3 is 9.47 Å². The summed E-state index contributed by atoms with van der Waals surface area (Å²) in [5, 5.41) is 0. The maximum Gasteiger partial charge on any atom is 0.510 e. The van der Waals surface area contributed by atoms with E-state index in [0.29, 0.717) is 42.8 Å². The van der Waals surface area contributed by atoms with E-state index in [1.165, 1.54) is 5.57 Å². The highest BCUT2D eigenvalue weighted by Gasteiger charge is 2.65. The number of carbonyl (C=O) groups excluding carboxylic acids is 2. The van der Waals surface area contributed by atoms with Crippen molar-refractivity contribution in [3.05, 3.63) is 11.6 Å². The largest absolute Gasteiger partial charge is 0.510 e.